The molecule has 0 radical (unpaired) electrons. The lowest BCUT2D eigenvalue weighted by molar-refractivity contribution is 0.532. The first-order valence-electron chi connectivity index (χ1n) is 8.99. The number of thioether (sulfide) groups is 1. The van der Waals surface area contributed by atoms with Gasteiger partial charge in [-0.2, -0.15) is 9.49 Å². The van der Waals surface area contributed by atoms with Gasteiger partial charge in [-0.05, 0) is 36.4 Å². The summed E-state index contributed by atoms with van der Waals surface area (Å²) < 4.78 is 45.2. The van der Waals surface area contributed by atoms with Gasteiger partial charge in [0.25, 0.3) is 0 Å². The predicted molar refractivity (Wildman–Crippen MR) is 106 cm³/mol. The minimum absolute atomic E-state index is 0.0459. The van der Waals surface area contributed by atoms with Crippen LogP contribution in [0.15, 0.2) is 41.8 Å². The SMILES string of the molecule is CCSc1nc(F)c(-c2cc(-c3cnnc4c3ncn4CC)ccc2F)cc1F. The van der Waals surface area contributed by atoms with E-state index in [2.05, 4.69) is 20.2 Å². The molecule has 0 amide bonds. The van der Waals surface area contributed by atoms with E-state index in [1.165, 1.54) is 18.3 Å². The lowest BCUT2D eigenvalue weighted by Gasteiger charge is -2.10. The molecule has 3 aromatic heterocycles. The molecule has 0 saturated heterocycles. The quantitative estimate of drug-likeness (QED) is 0.335. The fraction of sp³-hybridized carbons (Fsp3) is 0.200. The molecule has 9 heteroatoms. The van der Waals surface area contributed by atoms with Crippen LogP contribution < -0.4 is 0 Å². The Bertz CT molecular complexity index is 1210. The summed E-state index contributed by atoms with van der Waals surface area (Å²) in [6, 6.07) is 5.18. The molecule has 0 fully saturated rings. The number of halogens is 3. The highest BCUT2D eigenvalue weighted by atomic mass is 32.2. The van der Waals surface area contributed by atoms with Crippen LogP contribution in [0.3, 0.4) is 0 Å². The van der Waals surface area contributed by atoms with Crippen LogP contribution >= 0.6 is 11.8 Å². The average Bonchev–Trinajstić information content (AvgIpc) is 3.14. The minimum Gasteiger partial charge on any atom is -0.314 e. The summed E-state index contributed by atoms with van der Waals surface area (Å²) in [7, 11) is 0. The van der Waals surface area contributed by atoms with Crippen LogP contribution in [0.25, 0.3) is 33.4 Å². The fourth-order valence-corrected chi connectivity index (χ4v) is 3.71. The number of aromatic nitrogens is 5. The van der Waals surface area contributed by atoms with Crippen molar-refractivity contribution >= 4 is 22.9 Å². The highest BCUT2D eigenvalue weighted by molar-refractivity contribution is 7.99. The molecule has 0 aliphatic heterocycles. The second-order valence-corrected chi connectivity index (χ2v) is 7.46. The monoisotopic (exact) mass is 415 g/mol. The van der Waals surface area contributed by atoms with Gasteiger partial charge in [-0.1, -0.05) is 13.0 Å². The summed E-state index contributed by atoms with van der Waals surface area (Å²) in [6.07, 6.45) is 3.17. The summed E-state index contributed by atoms with van der Waals surface area (Å²) in [5, 5.41) is 8.06. The zero-order valence-electron chi connectivity index (χ0n) is 15.7. The maximum Gasteiger partial charge on any atom is 0.222 e. The van der Waals surface area contributed by atoms with Gasteiger partial charge in [0.15, 0.2) is 11.5 Å². The lowest BCUT2D eigenvalue weighted by atomic mass is 10.00. The van der Waals surface area contributed by atoms with Gasteiger partial charge in [0.2, 0.25) is 5.95 Å². The fourth-order valence-electron chi connectivity index (χ4n) is 3.09. The number of aryl methyl sites for hydroxylation is 1. The van der Waals surface area contributed by atoms with Crippen molar-refractivity contribution in [2.24, 2.45) is 0 Å². The number of benzene rings is 1. The molecule has 0 unspecified atom stereocenters. The Balaban J connectivity index is 1.87. The van der Waals surface area contributed by atoms with Crippen LogP contribution in [0, 0.1) is 17.6 Å². The molecule has 0 aliphatic rings. The summed E-state index contributed by atoms with van der Waals surface area (Å²) >= 11 is 1.08. The van der Waals surface area contributed by atoms with Crippen molar-refractivity contribution in [1.82, 2.24) is 24.7 Å². The van der Waals surface area contributed by atoms with Crippen molar-refractivity contribution in [3.63, 3.8) is 0 Å². The van der Waals surface area contributed by atoms with Crippen LogP contribution in [0.2, 0.25) is 0 Å². The number of rotatable bonds is 5. The van der Waals surface area contributed by atoms with Crippen molar-refractivity contribution in [3.05, 3.63) is 54.4 Å². The molecule has 4 rings (SSSR count). The Morgan fingerprint density at radius 3 is 2.59 bits per heavy atom. The van der Waals surface area contributed by atoms with Crippen LogP contribution in [-0.4, -0.2) is 30.5 Å². The summed E-state index contributed by atoms with van der Waals surface area (Å²) in [6.45, 7) is 4.43. The lowest BCUT2D eigenvalue weighted by Crippen LogP contribution is -1.98. The van der Waals surface area contributed by atoms with Gasteiger partial charge in [-0.3, -0.25) is 0 Å². The Kier molecular flexibility index (Phi) is 5.23. The van der Waals surface area contributed by atoms with Crippen molar-refractivity contribution < 1.29 is 13.2 Å². The number of hydrogen-bond acceptors (Lipinski definition) is 5. The van der Waals surface area contributed by atoms with Crippen molar-refractivity contribution in [2.75, 3.05) is 5.75 Å². The van der Waals surface area contributed by atoms with Gasteiger partial charge >= 0.3 is 0 Å². The van der Waals surface area contributed by atoms with Crippen molar-refractivity contribution in [1.29, 1.82) is 0 Å². The number of hydrogen-bond donors (Lipinski definition) is 0. The number of pyridine rings is 1. The molecule has 29 heavy (non-hydrogen) atoms. The van der Waals surface area contributed by atoms with Crippen molar-refractivity contribution in [3.8, 4) is 22.3 Å². The summed E-state index contributed by atoms with van der Waals surface area (Å²) in [5.74, 6) is -1.75. The van der Waals surface area contributed by atoms with E-state index in [-0.39, 0.29) is 16.2 Å². The molecule has 0 spiro atoms. The van der Waals surface area contributed by atoms with E-state index in [1.54, 1.807) is 12.4 Å². The second-order valence-electron chi connectivity index (χ2n) is 6.20. The van der Waals surface area contributed by atoms with Crippen LogP contribution in [0.1, 0.15) is 13.8 Å². The zero-order chi connectivity index (χ0) is 20.5. The third-order valence-electron chi connectivity index (χ3n) is 4.49. The van der Waals surface area contributed by atoms with E-state index in [1.807, 2.05) is 18.4 Å². The average molecular weight is 415 g/mol. The maximum absolute atomic E-state index is 14.6. The third kappa shape index (κ3) is 3.46. The first-order chi connectivity index (χ1) is 14.0. The van der Waals surface area contributed by atoms with E-state index in [0.717, 1.165) is 17.8 Å². The van der Waals surface area contributed by atoms with Gasteiger partial charge in [-0.25, -0.2) is 18.7 Å². The van der Waals surface area contributed by atoms with Crippen molar-refractivity contribution in [2.45, 2.75) is 25.4 Å². The smallest absolute Gasteiger partial charge is 0.222 e. The highest BCUT2D eigenvalue weighted by Crippen LogP contribution is 2.34. The maximum atomic E-state index is 14.6. The van der Waals surface area contributed by atoms with Crippen LogP contribution in [0.4, 0.5) is 13.2 Å². The van der Waals surface area contributed by atoms with E-state index >= 15 is 0 Å². The normalized spacial score (nSPS) is 11.3. The molecule has 148 valence electrons. The van der Waals surface area contributed by atoms with Crippen LogP contribution in [0.5, 0.6) is 0 Å². The van der Waals surface area contributed by atoms with Gasteiger partial charge < -0.3 is 4.57 Å². The van der Waals surface area contributed by atoms with Gasteiger partial charge in [0, 0.05) is 23.2 Å². The minimum atomic E-state index is -0.924. The van der Waals surface area contributed by atoms with Gasteiger partial charge in [-0.15, -0.1) is 16.9 Å². The molecule has 1 aromatic carbocycles. The molecule has 3 heterocycles. The molecular weight excluding hydrogens is 399 g/mol. The Hall–Kier alpha value is -2.94. The third-order valence-corrected chi connectivity index (χ3v) is 5.34. The molecule has 0 bridgehead atoms. The molecular formula is C20H16F3N5S. The number of fused-ring (bicyclic) bond motifs is 1. The standard InChI is InChI=1S/C20H16F3N5S/c1-3-28-10-24-17-14(9-25-27-19(17)28)11-5-6-15(21)12(7-11)13-8-16(22)20(29-4-2)26-18(13)23/h5-10H,3-4H2,1-2H3. The molecule has 0 aliphatic carbocycles. The largest absolute Gasteiger partial charge is 0.314 e. The van der Waals surface area contributed by atoms with E-state index in [0.29, 0.717) is 34.6 Å². The Morgan fingerprint density at radius 2 is 1.83 bits per heavy atom. The Labute approximate surface area is 169 Å². The van der Waals surface area contributed by atoms with Gasteiger partial charge in [0.05, 0.1) is 12.5 Å². The van der Waals surface area contributed by atoms with Gasteiger partial charge in [0.1, 0.15) is 16.4 Å². The highest BCUT2D eigenvalue weighted by Gasteiger charge is 2.18. The molecule has 5 nitrogen and oxygen atoms in total. The topological polar surface area (TPSA) is 56.5 Å². The van der Waals surface area contributed by atoms with E-state index in [4.69, 9.17) is 0 Å². The number of imidazole rings is 1. The summed E-state index contributed by atoms with van der Waals surface area (Å²) in [4.78, 5) is 8.04. The summed E-state index contributed by atoms with van der Waals surface area (Å²) in [5.41, 5.74) is 2.05. The van der Waals surface area contributed by atoms with E-state index < -0.39 is 17.6 Å². The number of nitrogens with zero attached hydrogens (tertiary/aromatic N) is 5. The van der Waals surface area contributed by atoms with E-state index in [9.17, 15) is 13.2 Å². The zero-order valence-corrected chi connectivity index (χ0v) is 16.5. The Morgan fingerprint density at radius 1 is 1.00 bits per heavy atom. The molecule has 4 aromatic rings. The van der Waals surface area contributed by atoms with Crippen LogP contribution in [-0.2, 0) is 6.54 Å². The second kappa shape index (κ2) is 7.82. The molecule has 0 N–H and O–H groups in total. The first-order valence-corrected chi connectivity index (χ1v) is 9.97. The predicted octanol–water partition coefficient (Wildman–Crippen LogP) is 5.10. The molecule has 0 saturated carbocycles. The molecule has 0 atom stereocenters. The first kappa shape index (κ1) is 19.4.